The number of rotatable bonds is 3. The standard InChI is InChI=1S/C10H10FNO3/c1-7(13)12(6-10(14)15)9-5-3-2-4-8(9)11/h2-5H,6H2,1H3,(H,14,15). The maximum Gasteiger partial charge on any atom is 0.323 e. The summed E-state index contributed by atoms with van der Waals surface area (Å²) in [6.45, 7) is 0.644. The molecule has 0 radical (unpaired) electrons. The fourth-order valence-corrected chi connectivity index (χ4v) is 1.17. The minimum absolute atomic E-state index is 0.0209. The Morgan fingerprint density at radius 2 is 2.00 bits per heavy atom. The molecule has 0 atom stereocenters. The summed E-state index contributed by atoms with van der Waals surface area (Å²) < 4.78 is 13.3. The zero-order valence-electron chi connectivity index (χ0n) is 8.11. The van der Waals surface area contributed by atoms with Crippen LogP contribution in [0, 0.1) is 5.82 Å². The van der Waals surface area contributed by atoms with Gasteiger partial charge in [-0.1, -0.05) is 12.1 Å². The van der Waals surface area contributed by atoms with Gasteiger partial charge in [0.15, 0.2) is 0 Å². The van der Waals surface area contributed by atoms with Crippen molar-refractivity contribution in [2.75, 3.05) is 11.4 Å². The summed E-state index contributed by atoms with van der Waals surface area (Å²) in [6.07, 6.45) is 0. The number of hydrogen-bond acceptors (Lipinski definition) is 2. The summed E-state index contributed by atoms with van der Waals surface area (Å²) in [4.78, 5) is 22.5. The summed E-state index contributed by atoms with van der Waals surface area (Å²) in [5.41, 5.74) is -0.0209. The molecule has 0 bridgehead atoms. The average molecular weight is 211 g/mol. The molecular formula is C10H10FNO3. The van der Waals surface area contributed by atoms with Crippen molar-refractivity contribution >= 4 is 17.6 Å². The van der Waals surface area contributed by atoms with Gasteiger partial charge < -0.3 is 5.11 Å². The summed E-state index contributed by atoms with van der Waals surface area (Å²) in [6, 6.07) is 5.54. The highest BCUT2D eigenvalue weighted by Gasteiger charge is 2.17. The van der Waals surface area contributed by atoms with E-state index in [9.17, 15) is 14.0 Å². The zero-order chi connectivity index (χ0) is 11.4. The highest BCUT2D eigenvalue weighted by Crippen LogP contribution is 2.18. The van der Waals surface area contributed by atoms with Gasteiger partial charge in [-0.05, 0) is 12.1 Å². The van der Waals surface area contributed by atoms with Crippen LogP contribution >= 0.6 is 0 Å². The topological polar surface area (TPSA) is 57.6 Å². The van der Waals surface area contributed by atoms with Crippen LogP contribution in [0.3, 0.4) is 0 Å². The third-order valence-corrected chi connectivity index (χ3v) is 1.82. The van der Waals surface area contributed by atoms with Gasteiger partial charge in [0, 0.05) is 6.92 Å². The molecule has 1 rings (SSSR count). The first-order valence-corrected chi connectivity index (χ1v) is 4.27. The third kappa shape index (κ3) is 2.77. The van der Waals surface area contributed by atoms with Gasteiger partial charge in [-0.25, -0.2) is 4.39 Å². The maximum atomic E-state index is 13.3. The second-order valence-electron chi connectivity index (χ2n) is 2.95. The number of carboxylic acid groups (broad SMARTS) is 1. The maximum absolute atomic E-state index is 13.3. The highest BCUT2D eigenvalue weighted by molar-refractivity contribution is 5.95. The van der Waals surface area contributed by atoms with Crippen LogP contribution in [0.25, 0.3) is 0 Å². The molecule has 80 valence electrons. The molecule has 0 aliphatic carbocycles. The number of amides is 1. The molecule has 0 aliphatic heterocycles. The van der Waals surface area contributed by atoms with Crippen molar-refractivity contribution in [1.82, 2.24) is 0 Å². The molecule has 1 N–H and O–H groups in total. The van der Waals surface area contributed by atoms with Crippen LogP contribution in [-0.4, -0.2) is 23.5 Å². The van der Waals surface area contributed by atoms with E-state index in [1.54, 1.807) is 0 Å². The van der Waals surface area contributed by atoms with Crippen molar-refractivity contribution in [1.29, 1.82) is 0 Å². The Kier molecular flexibility index (Phi) is 3.38. The van der Waals surface area contributed by atoms with Crippen molar-refractivity contribution in [2.45, 2.75) is 6.92 Å². The number of carbonyl (C=O) groups is 2. The van der Waals surface area contributed by atoms with E-state index in [2.05, 4.69) is 0 Å². The number of carboxylic acids is 1. The lowest BCUT2D eigenvalue weighted by Gasteiger charge is -2.19. The van der Waals surface area contributed by atoms with Crippen LogP contribution in [-0.2, 0) is 9.59 Å². The van der Waals surface area contributed by atoms with Gasteiger partial charge in [-0.3, -0.25) is 14.5 Å². The molecule has 0 saturated heterocycles. The molecule has 0 saturated carbocycles. The molecule has 1 aromatic rings. The summed E-state index contributed by atoms with van der Waals surface area (Å²) in [5.74, 6) is -2.31. The van der Waals surface area contributed by atoms with E-state index >= 15 is 0 Å². The lowest BCUT2D eigenvalue weighted by Crippen LogP contribution is -2.34. The lowest BCUT2D eigenvalue weighted by atomic mass is 10.2. The van der Waals surface area contributed by atoms with E-state index in [4.69, 9.17) is 5.11 Å². The quantitative estimate of drug-likeness (QED) is 0.818. The SMILES string of the molecule is CC(=O)N(CC(=O)O)c1ccccc1F. The van der Waals surface area contributed by atoms with E-state index < -0.39 is 24.2 Å². The molecule has 0 spiro atoms. The first-order chi connectivity index (χ1) is 7.02. The van der Waals surface area contributed by atoms with E-state index in [1.165, 1.54) is 31.2 Å². The molecule has 0 heterocycles. The van der Waals surface area contributed by atoms with Gasteiger partial charge in [0.05, 0.1) is 5.69 Å². The number of carbonyl (C=O) groups excluding carboxylic acids is 1. The zero-order valence-corrected chi connectivity index (χ0v) is 8.11. The average Bonchev–Trinajstić information content (AvgIpc) is 2.15. The predicted octanol–water partition coefficient (Wildman–Crippen LogP) is 1.26. The first kappa shape index (κ1) is 11.2. The summed E-state index contributed by atoms with van der Waals surface area (Å²) >= 11 is 0. The largest absolute Gasteiger partial charge is 0.480 e. The predicted molar refractivity (Wildman–Crippen MR) is 52.1 cm³/mol. The second kappa shape index (κ2) is 4.54. The number of hydrogen-bond donors (Lipinski definition) is 1. The van der Waals surface area contributed by atoms with Crippen LogP contribution < -0.4 is 4.90 Å². The Morgan fingerprint density at radius 3 is 2.47 bits per heavy atom. The molecule has 5 heteroatoms. The second-order valence-corrected chi connectivity index (χ2v) is 2.95. The number of nitrogens with zero attached hydrogens (tertiary/aromatic N) is 1. The molecule has 4 nitrogen and oxygen atoms in total. The van der Waals surface area contributed by atoms with Crippen LogP contribution in [0.4, 0.5) is 10.1 Å². The minimum Gasteiger partial charge on any atom is -0.480 e. The van der Waals surface area contributed by atoms with Crippen molar-refractivity contribution < 1.29 is 19.1 Å². The van der Waals surface area contributed by atoms with Crippen LogP contribution in [0.5, 0.6) is 0 Å². The minimum atomic E-state index is -1.19. The number of para-hydroxylation sites is 1. The molecular weight excluding hydrogens is 201 g/mol. The van der Waals surface area contributed by atoms with Crippen LogP contribution in [0.2, 0.25) is 0 Å². The van der Waals surface area contributed by atoms with Gasteiger partial charge in [-0.2, -0.15) is 0 Å². The smallest absolute Gasteiger partial charge is 0.323 e. The van der Waals surface area contributed by atoms with E-state index in [0.29, 0.717) is 0 Å². The summed E-state index contributed by atoms with van der Waals surface area (Å²) in [5, 5.41) is 8.57. The molecule has 1 aromatic carbocycles. The van der Waals surface area contributed by atoms with Crippen molar-refractivity contribution in [2.24, 2.45) is 0 Å². The Balaban J connectivity index is 3.04. The molecule has 0 aromatic heterocycles. The van der Waals surface area contributed by atoms with Gasteiger partial charge in [0.25, 0.3) is 0 Å². The van der Waals surface area contributed by atoms with Gasteiger partial charge in [0.2, 0.25) is 5.91 Å². The molecule has 0 unspecified atom stereocenters. The molecule has 1 amide bonds. The van der Waals surface area contributed by atoms with E-state index in [-0.39, 0.29) is 5.69 Å². The number of aliphatic carboxylic acids is 1. The third-order valence-electron chi connectivity index (χ3n) is 1.82. The lowest BCUT2D eigenvalue weighted by molar-refractivity contribution is -0.136. The van der Waals surface area contributed by atoms with Crippen molar-refractivity contribution in [3.05, 3.63) is 30.1 Å². The number of benzene rings is 1. The first-order valence-electron chi connectivity index (χ1n) is 4.27. The highest BCUT2D eigenvalue weighted by atomic mass is 19.1. The normalized spacial score (nSPS) is 9.73. The Morgan fingerprint density at radius 1 is 1.40 bits per heavy atom. The van der Waals surface area contributed by atoms with Crippen LogP contribution in [0.1, 0.15) is 6.92 Å². The molecule has 0 aliphatic rings. The Bertz CT molecular complexity index is 392. The molecule has 0 fully saturated rings. The monoisotopic (exact) mass is 211 g/mol. The van der Waals surface area contributed by atoms with Gasteiger partial charge >= 0.3 is 5.97 Å². The Hall–Kier alpha value is -1.91. The fourth-order valence-electron chi connectivity index (χ4n) is 1.17. The summed E-state index contributed by atoms with van der Waals surface area (Å²) in [7, 11) is 0. The van der Waals surface area contributed by atoms with E-state index in [0.717, 1.165) is 4.90 Å². The fraction of sp³-hybridized carbons (Fsp3) is 0.200. The van der Waals surface area contributed by atoms with Crippen molar-refractivity contribution in [3.8, 4) is 0 Å². The van der Waals surface area contributed by atoms with Crippen LogP contribution in [0.15, 0.2) is 24.3 Å². The number of halogens is 1. The Labute approximate surface area is 85.9 Å². The van der Waals surface area contributed by atoms with Crippen molar-refractivity contribution in [3.63, 3.8) is 0 Å². The number of anilines is 1. The van der Waals surface area contributed by atoms with E-state index in [1.807, 2.05) is 0 Å². The van der Waals surface area contributed by atoms with Gasteiger partial charge in [-0.15, -0.1) is 0 Å². The van der Waals surface area contributed by atoms with Gasteiger partial charge in [0.1, 0.15) is 12.4 Å². The molecule has 15 heavy (non-hydrogen) atoms.